The first-order valence-electron chi connectivity index (χ1n) is 7.07. The van der Waals surface area contributed by atoms with Crippen molar-refractivity contribution in [1.29, 1.82) is 0 Å². The molecule has 0 aliphatic carbocycles. The van der Waals surface area contributed by atoms with E-state index in [0.29, 0.717) is 0 Å². The van der Waals surface area contributed by atoms with E-state index in [9.17, 15) is 5.11 Å². The zero-order valence-electron chi connectivity index (χ0n) is 11.6. The van der Waals surface area contributed by atoms with Gasteiger partial charge in [0.25, 0.3) is 0 Å². The van der Waals surface area contributed by atoms with Gasteiger partial charge in [-0.05, 0) is 44.6 Å². The van der Waals surface area contributed by atoms with Crippen molar-refractivity contribution in [3.63, 3.8) is 0 Å². The smallest absolute Gasteiger partial charge is 0.0543 e. The first-order chi connectivity index (χ1) is 8.72. The Labute approximate surface area is 112 Å². The van der Waals surface area contributed by atoms with Crippen molar-refractivity contribution in [2.75, 3.05) is 0 Å². The first-order valence-corrected chi connectivity index (χ1v) is 7.07. The zero-order chi connectivity index (χ0) is 13.2. The zero-order valence-corrected chi connectivity index (χ0v) is 11.6. The number of allylic oxidation sites excluding steroid dienone is 1. The monoisotopic (exact) mass is 246 g/mol. The summed E-state index contributed by atoms with van der Waals surface area (Å²) in [6.45, 7) is 5.81. The number of aryl methyl sites for hydroxylation is 2. The standard InChI is InChI=1S/C17H26O/c1-3-4-5-6-7-8-17(18)14-13-16-11-9-15(2)10-12-16/h3,9-12,17-18H,1,4-8,13-14H2,2H3. The Balaban J connectivity index is 2.11. The van der Waals surface area contributed by atoms with Crippen molar-refractivity contribution in [2.24, 2.45) is 0 Å². The molecule has 1 heteroatoms. The third-order valence-electron chi connectivity index (χ3n) is 3.33. The Hall–Kier alpha value is -1.08. The van der Waals surface area contributed by atoms with Crippen LogP contribution >= 0.6 is 0 Å². The minimum absolute atomic E-state index is 0.143. The van der Waals surface area contributed by atoms with Crippen molar-refractivity contribution < 1.29 is 5.11 Å². The lowest BCUT2D eigenvalue weighted by molar-refractivity contribution is 0.151. The van der Waals surface area contributed by atoms with Gasteiger partial charge >= 0.3 is 0 Å². The van der Waals surface area contributed by atoms with Crippen LogP contribution in [0.5, 0.6) is 0 Å². The molecule has 18 heavy (non-hydrogen) atoms. The number of rotatable bonds is 9. The summed E-state index contributed by atoms with van der Waals surface area (Å²) in [5.74, 6) is 0. The van der Waals surface area contributed by atoms with Gasteiger partial charge in [-0.15, -0.1) is 6.58 Å². The lowest BCUT2D eigenvalue weighted by Gasteiger charge is -2.10. The fourth-order valence-corrected chi connectivity index (χ4v) is 2.08. The van der Waals surface area contributed by atoms with Crippen molar-refractivity contribution in [2.45, 2.75) is 58.0 Å². The number of aliphatic hydroxyl groups is 1. The molecule has 1 rings (SSSR count). The summed E-state index contributed by atoms with van der Waals surface area (Å²) >= 11 is 0. The number of hydrogen-bond donors (Lipinski definition) is 1. The largest absolute Gasteiger partial charge is 0.393 e. The second-order valence-electron chi connectivity index (χ2n) is 5.10. The molecule has 1 nitrogen and oxygen atoms in total. The summed E-state index contributed by atoms with van der Waals surface area (Å²) in [6, 6.07) is 8.59. The maximum absolute atomic E-state index is 9.90. The molecule has 1 atom stereocenters. The van der Waals surface area contributed by atoms with Crippen molar-refractivity contribution in [1.82, 2.24) is 0 Å². The van der Waals surface area contributed by atoms with Gasteiger partial charge in [-0.1, -0.05) is 48.7 Å². The van der Waals surface area contributed by atoms with Gasteiger partial charge in [0.2, 0.25) is 0 Å². The number of unbranched alkanes of at least 4 members (excludes halogenated alkanes) is 3. The van der Waals surface area contributed by atoms with Crippen LogP contribution in [0.2, 0.25) is 0 Å². The highest BCUT2D eigenvalue weighted by atomic mass is 16.3. The lowest BCUT2D eigenvalue weighted by Crippen LogP contribution is -2.07. The third kappa shape index (κ3) is 6.61. The van der Waals surface area contributed by atoms with Crippen LogP contribution in [0.25, 0.3) is 0 Å². The molecular formula is C17H26O. The van der Waals surface area contributed by atoms with Crippen LogP contribution < -0.4 is 0 Å². The van der Waals surface area contributed by atoms with Crippen LogP contribution in [0.1, 0.15) is 49.7 Å². The van der Waals surface area contributed by atoms with Gasteiger partial charge in [0.15, 0.2) is 0 Å². The Morgan fingerprint density at radius 1 is 1.11 bits per heavy atom. The molecular weight excluding hydrogens is 220 g/mol. The molecule has 0 aromatic heterocycles. The molecule has 0 spiro atoms. The van der Waals surface area contributed by atoms with E-state index in [1.807, 2.05) is 6.08 Å². The van der Waals surface area contributed by atoms with E-state index >= 15 is 0 Å². The average molecular weight is 246 g/mol. The van der Waals surface area contributed by atoms with E-state index in [1.165, 1.54) is 24.0 Å². The molecule has 0 aliphatic heterocycles. The van der Waals surface area contributed by atoms with Gasteiger partial charge < -0.3 is 5.11 Å². The Morgan fingerprint density at radius 2 is 1.83 bits per heavy atom. The van der Waals surface area contributed by atoms with E-state index in [1.54, 1.807) is 0 Å². The molecule has 1 aromatic carbocycles. The predicted molar refractivity (Wildman–Crippen MR) is 78.8 cm³/mol. The second kappa shape index (κ2) is 8.93. The minimum atomic E-state index is -0.143. The van der Waals surface area contributed by atoms with Crippen LogP contribution in [0.4, 0.5) is 0 Å². The molecule has 0 radical (unpaired) electrons. The number of aliphatic hydroxyl groups excluding tert-OH is 1. The first kappa shape index (κ1) is 15.0. The van der Waals surface area contributed by atoms with Crippen LogP contribution in [-0.2, 0) is 6.42 Å². The molecule has 0 amide bonds. The van der Waals surface area contributed by atoms with E-state index in [4.69, 9.17) is 0 Å². The lowest BCUT2D eigenvalue weighted by atomic mass is 10.0. The normalized spacial score (nSPS) is 12.3. The Bertz CT molecular complexity index is 326. The Morgan fingerprint density at radius 3 is 2.50 bits per heavy atom. The molecule has 1 unspecified atom stereocenters. The molecule has 0 aliphatic rings. The van der Waals surface area contributed by atoms with Crippen molar-refractivity contribution in [3.05, 3.63) is 48.0 Å². The number of benzene rings is 1. The number of hydrogen-bond acceptors (Lipinski definition) is 1. The molecule has 0 heterocycles. The Kier molecular flexibility index (Phi) is 7.43. The molecule has 0 saturated carbocycles. The summed E-state index contributed by atoms with van der Waals surface area (Å²) in [7, 11) is 0. The quantitative estimate of drug-likeness (QED) is 0.505. The van der Waals surface area contributed by atoms with Crippen molar-refractivity contribution in [3.8, 4) is 0 Å². The highest BCUT2D eigenvalue weighted by molar-refractivity contribution is 5.21. The van der Waals surface area contributed by atoms with E-state index in [0.717, 1.165) is 32.1 Å². The van der Waals surface area contributed by atoms with Gasteiger partial charge in [-0.3, -0.25) is 0 Å². The van der Waals surface area contributed by atoms with E-state index < -0.39 is 0 Å². The second-order valence-corrected chi connectivity index (χ2v) is 5.10. The van der Waals surface area contributed by atoms with Crippen LogP contribution in [-0.4, -0.2) is 11.2 Å². The topological polar surface area (TPSA) is 20.2 Å². The maximum atomic E-state index is 9.90. The van der Waals surface area contributed by atoms with Gasteiger partial charge in [0.05, 0.1) is 6.10 Å². The fourth-order valence-electron chi connectivity index (χ4n) is 2.08. The third-order valence-corrected chi connectivity index (χ3v) is 3.33. The molecule has 1 aromatic rings. The van der Waals surface area contributed by atoms with Gasteiger partial charge in [-0.2, -0.15) is 0 Å². The average Bonchev–Trinajstić information content (AvgIpc) is 2.38. The maximum Gasteiger partial charge on any atom is 0.0543 e. The SMILES string of the molecule is C=CCCCCCC(O)CCc1ccc(C)cc1. The van der Waals surface area contributed by atoms with Crippen LogP contribution in [0.3, 0.4) is 0 Å². The highest BCUT2D eigenvalue weighted by Crippen LogP contribution is 2.12. The summed E-state index contributed by atoms with van der Waals surface area (Å²) in [5.41, 5.74) is 2.62. The molecule has 100 valence electrons. The predicted octanol–water partition coefficient (Wildman–Crippen LogP) is 4.43. The summed E-state index contributed by atoms with van der Waals surface area (Å²) in [6.07, 6.45) is 9.25. The summed E-state index contributed by atoms with van der Waals surface area (Å²) in [5, 5.41) is 9.90. The highest BCUT2D eigenvalue weighted by Gasteiger charge is 2.04. The summed E-state index contributed by atoms with van der Waals surface area (Å²) < 4.78 is 0. The van der Waals surface area contributed by atoms with Crippen LogP contribution in [0, 0.1) is 6.92 Å². The van der Waals surface area contributed by atoms with E-state index in [-0.39, 0.29) is 6.10 Å². The molecule has 0 saturated heterocycles. The van der Waals surface area contributed by atoms with Gasteiger partial charge in [-0.25, -0.2) is 0 Å². The minimum Gasteiger partial charge on any atom is -0.393 e. The summed E-state index contributed by atoms with van der Waals surface area (Å²) in [4.78, 5) is 0. The fraction of sp³-hybridized carbons (Fsp3) is 0.529. The van der Waals surface area contributed by atoms with E-state index in [2.05, 4.69) is 37.8 Å². The molecule has 0 fully saturated rings. The van der Waals surface area contributed by atoms with Gasteiger partial charge in [0, 0.05) is 0 Å². The van der Waals surface area contributed by atoms with Crippen molar-refractivity contribution >= 4 is 0 Å². The molecule has 0 bridgehead atoms. The van der Waals surface area contributed by atoms with Crippen LogP contribution in [0.15, 0.2) is 36.9 Å². The molecule has 1 N–H and O–H groups in total. The van der Waals surface area contributed by atoms with Gasteiger partial charge in [0.1, 0.15) is 0 Å².